The highest BCUT2D eigenvalue weighted by molar-refractivity contribution is 7.10. The van der Waals surface area contributed by atoms with E-state index in [9.17, 15) is 4.79 Å². The molecule has 0 unspecified atom stereocenters. The smallest absolute Gasteiger partial charge is 0.364 e. The molecule has 2 aromatic heterocycles. The summed E-state index contributed by atoms with van der Waals surface area (Å²) in [5.41, 5.74) is 3.59. The van der Waals surface area contributed by atoms with Crippen LogP contribution in [0.2, 0.25) is 0 Å². The normalized spacial score (nSPS) is 20.8. The molecule has 4 rings (SSSR count). The third kappa shape index (κ3) is 2.05. The van der Waals surface area contributed by atoms with Crippen LogP contribution in [0.25, 0.3) is 10.9 Å². The molecule has 0 saturated carbocycles. The lowest BCUT2D eigenvalue weighted by Crippen LogP contribution is -2.94. The number of fused-ring (bicyclic) bond motifs is 3. The first-order valence-corrected chi connectivity index (χ1v) is 8.21. The van der Waals surface area contributed by atoms with E-state index in [1.165, 1.54) is 28.6 Å². The van der Waals surface area contributed by atoms with E-state index < -0.39 is 0 Å². The largest absolute Gasteiger partial charge is 0.465 e. The molecule has 0 spiro atoms. The van der Waals surface area contributed by atoms with Crippen LogP contribution in [-0.4, -0.2) is 24.1 Å². The predicted molar refractivity (Wildman–Crippen MR) is 85.9 cm³/mol. The minimum absolute atomic E-state index is 0.125. The van der Waals surface area contributed by atoms with Gasteiger partial charge in [-0.3, -0.25) is 0 Å². The third-order valence-corrected chi connectivity index (χ3v) is 5.32. The minimum atomic E-state index is -0.191. The molecule has 0 radical (unpaired) electrons. The molecule has 3 aromatic rings. The van der Waals surface area contributed by atoms with Crippen molar-refractivity contribution in [2.75, 3.05) is 7.11 Å². The predicted octanol–water partition coefficient (Wildman–Crippen LogP) is 1.98. The monoisotopic (exact) mass is 313 g/mol. The number of rotatable bonds is 2. The molecule has 1 aliphatic heterocycles. The lowest BCUT2D eigenvalue weighted by Gasteiger charge is -2.25. The standard InChI is InChI=1S/C17H16N2O2S/c1-21-17(20)13-9-11-10-5-2-3-6-12(10)18-15(11)16(19-13)14-7-4-8-22-14/h2-8,13,16,18-19H,9H2,1H3/p+1/t13-,16-/m0/s1. The van der Waals surface area contributed by atoms with Gasteiger partial charge in [-0.25, -0.2) is 4.79 Å². The SMILES string of the molecule is COC(=O)[C@@H]1Cc2c([nH]c3ccccc23)[C@H](c2cccs2)[NH2+]1. The number of H-pyrrole nitrogens is 1. The Kier molecular flexibility index (Phi) is 3.24. The second-order valence-electron chi connectivity index (χ2n) is 5.58. The topological polar surface area (TPSA) is 58.7 Å². The summed E-state index contributed by atoms with van der Waals surface area (Å²) in [4.78, 5) is 16.9. The van der Waals surface area contributed by atoms with Crippen LogP contribution in [-0.2, 0) is 16.0 Å². The number of aromatic amines is 1. The number of para-hydroxylation sites is 1. The van der Waals surface area contributed by atoms with Crippen molar-refractivity contribution in [1.29, 1.82) is 0 Å². The average molecular weight is 313 g/mol. The molecular weight excluding hydrogens is 296 g/mol. The molecule has 22 heavy (non-hydrogen) atoms. The second kappa shape index (κ2) is 5.26. The Morgan fingerprint density at radius 1 is 1.32 bits per heavy atom. The summed E-state index contributed by atoms with van der Waals surface area (Å²) in [6.07, 6.45) is 0.702. The van der Waals surface area contributed by atoms with Gasteiger partial charge in [0, 0.05) is 17.3 Å². The fourth-order valence-electron chi connectivity index (χ4n) is 3.34. The van der Waals surface area contributed by atoms with Crippen molar-refractivity contribution in [2.24, 2.45) is 0 Å². The maximum Gasteiger partial charge on any atom is 0.364 e. The molecular formula is C17H17N2O2S+. The summed E-state index contributed by atoms with van der Waals surface area (Å²) in [5.74, 6) is -0.155. The maximum atomic E-state index is 12.1. The van der Waals surface area contributed by atoms with Gasteiger partial charge in [-0.2, -0.15) is 0 Å². The van der Waals surface area contributed by atoms with E-state index in [2.05, 4.69) is 39.9 Å². The molecule has 0 saturated heterocycles. The van der Waals surface area contributed by atoms with Crippen LogP contribution in [0.15, 0.2) is 41.8 Å². The zero-order valence-corrected chi connectivity index (χ0v) is 13.0. The Morgan fingerprint density at radius 2 is 2.18 bits per heavy atom. The van der Waals surface area contributed by atoms with Gasteiger partial charge >= 0.3 is 5.97 Å². The van der Waals surface area contributed by atoms with Crippen LogP contribution in [0, 0.1) is 0 Å². The minimum Gasteiger partial charge on any atom is -0.465 e. The maximum absolute atomic E-state index is 12.1. The van der Waals surface area contributed by atoms with Crippen LogP contribution in [0.5, 0.6) is 0 Å². The number of esters is 1. The van der Waals surface area contributed by atoms with Crippen molar-refractivity contribution in [3.8, 4) is 0 Å². The van der Waals surface area contributed by atoms with Gasteiger partial charge in [0.15, 0.2) is 12.1 Å². The number of hydrogen-bond acceptors (Lipinski definition) is 3. The summed E-state index contributed by atoms with van der Waals surface area (Å²) >= 11 is 1.72. The summed E-state index contributed by atoms with van der Waals surface area (Å²) in [6.45, 7) is 0. The first-order chi connectivity index (χ1) is 10.8. The fraction of sp³-hybridized carbons (Fsp3) is 0.235. The molecule has 0 bridgehead atoms. The number of aromatic nitrogens is 1. The lowest BCUT2D eigenvalue weighted by molar-refractivity contribution is -0.712. The van der Waals surface area contributed by atoms with Crippen LogP contribution in [0.1, 0.15) is 22.2 Å². The number of thiophene rings is 1. The molecule has 3 N–H and O–H groups in total. The number of quaternary nitrogens is 1. The van der Waals surface area contributed by atoms with Crippen molar-refractivity contribution in [2.45, 2.75) is 18.5 Å². The highest BCUT2D eigenvalue weighted by Crippen LogP contribution is 2.33. The van der Waals surface area contributed by atoms with Gasteiger partial charge in [-0.1, -0.05) is 24.3 Å². The summed E-state index contributed by atoms with van der Waals surface area (Å²) in [7, 11) is 1.46. The number of ether oxygens (including phenoxy) is 1. The van der Waals surface area contributed by atoms with Gasteiger partial charge in [-0.15, -0.1) is 11.3 Å². The molecule has 1 aliphatic rings. The van der Waals surface area contributed by atoms with E-state index in [0.717, 1.165) is 5.52 Å². The molecule has 1 aromatic carbocycles. The van der Waals surface area contributed by atoms with Gasteiger partial charge in [-0.05, 0) is 23.1 Å². The van der Waals surface area contributed by atoms with Crippen molar-refractivity contribution in [3.63, 3.8) is 0 Å². The molecule has 3 heterocycles. The Labute approximate surface area is 132 Å². The quantitative estimate of drug-likeness (QED) is 0.711. The van der Waals surface area contributed by atoms with Gasteiger partial charge in [0.1, 0.15) is 0 Å². The van der Waals surface area contributed by atoms with Gasteiger partial charge in [0.25, 0.3) is 0 Å². The van der Waals surface area contributed by atoms with Crippen molar-refractivity contribution in [3.05, 3.63) is 57.9 Å². The van der Waals surface area contributed by atoms with E-state index in [0.29, 0.717) is 6.42 Å². The highest BCUT2D eigenvalue weighted by atomic mass is 32.1. The zero-order valence-electron chi connectivity index (χ0n) is 12.2. The Hall–Kier alpha value is -2.11. The highest BCUT2D eigenvalue weighted by Gasteiger charge is 2.38. The number of carbonyl (C=O) groups is 1. The number of hydrogen-bond donors (Lipinski definition) is 2. The lowest BCUT2D eigenvalue weighted by atomic mass is 9.93. The molecule has 0 amide bonds. The average Bonchev–Trinajstić information content (AvgIpc) is 3.20. The van der Waals surface area contributed by atoms with E-state index in [-0.39, 0.29) is 18.1 Å². The van der Waals surface area contributed by atoms with Crippen molar-refractivity contribution < 1.29 is 14.8 Å². The first kappa shape index (κ1) is 13.5. The number of nitrogens with one attached hydrogen (secondary N) is 1. The van der Waals surface area contributed by atoms with E-state index in [4.69, 9.17) is 4.74 Å². The van der Waals surface area contributed by atoms with Crippen LogP contribution < -0.4 is 5.32 Å². The molecule has 5 heteroatoms. The van der Waals surface area contributed by atoms with E-state index >= 15 is 0 Å². The Balaban J connectivity index is 1.88. The Bertz CT molecular complexity index is 822. The molecule has 112 valence electrons. The second-order valence-corrected chi connectivity index (χ2v) is 6.56. The summed E-state index contributed by atoms with van der Waals surface area (Å²) < 4.78 is 4.98. The van der Waals surface area contributed by atoms with Crippen molar-refractivity contribution in [1.82, 2.24) is 4.98 Å². The van der Waals surface area contributed by atoms with Gasteiger partial charge in [0.05, 0.1) is 17.7 Å². The van der Waals surface area contributed by atoms with E-state index in [1.54, 1.807) is 11.3 Å². The third-order valence-electron chi connectivity index (χ3n) is 4.36. The molecule has 0 aliphatic carbocycles. The zero-order chi connectivity index (χ0) is 15.1. The van der Waals surface area contributed by atoms with Gasteiger partial charge < -0.3 is 15.0 Å². The molecule has 4 nitrogen and oxygen atoms in total. The van der Waals surface area contributed by atoms with Crippen LogP contribution >= 0.6 is 11.3 Å². The number of nitrogens with two attached hydrogens (primary N) is 1. The van der Waals surface area contributed by atoms with Crippen molar-refractivity contribution >= 4 is 28.2 Å². The summed E-state index contributed by atoms with van der Waals surface area (Å²) in [5, 5.41) is 5.41. The van der Waals surface area contributed by atoms with Gasteiger partial charge in [0.2, 0.25) is 0 Å². The van der Waals surface area contributed by atoms with E-state index in [1.807, 2.05) is 12.1 Å². The number of methoxy groups -OCH3 is 1. The summed E-state index contributed by atoms with van der Waals surface area (Å²) in [6, 6.07) is 12.4. The molecule has 2 atom stereocenters. The fourth-order valence-corrected chi connectivity index (χ4v) is 4.16. The van der Waals surface area contributed by atoms with Crippen LogP contribution in [0.3, 0.4) is 0 Å². The Morgan fingerprint density at radius 3 is 2.95 bits per heavy atom. The molecule has 0 fully saturated rings. The van der Waals surface area contributed by atoms with Crippen LogP contribution in [0.4, 0.5) is 0 Å². The number of carbonyl (C=O) groups excluding carboxylic acids is 1. The first-order valence-electron chi connectivity index (χ1n) is 7.33. The number of benzene rings is 1.